The third kappa shape index (κ3) is 15.5. The fraction of sp³-hybridized carbons (Fsp3) is 0.432. The van der Waals surface area contributed by atoms with Crippen LogP contribution in [0.3, 0.4) is 0 Å². The fourth-order valence-corrected chi connectivity index (χ4v) is 3.61. The first-order chi connectivity index (χ1) is 25.7. The van der Waals surface area contributed by atoms with E-state index in [0.29, 0.717) is 11.3 Å². The van der Waals surface area contributed by atoms with Gasteiger partial charge in [0.15, 0.2) is 0 Å². The van der Waals surface area contributed by atoms with Gasteiger partial charge in [0.2, 0.25) is 11.3 Å². The first-order valence-corrected chi connectivity index (χ1v) is 17.9. The lowest BCUT2D eigenvalue weighted by atomic mass is 10.3. The van der Waals surface area contributed by atoms with Crippen molar-refractivity contribution in [2.45, 2.75) is 81.1 Å². The van der Waals surface area contributed by atoms with E-state index in [-0.39, 0.29) is 0 Å². The quantitative estimate of drug-likeness (QED) is 0.166. The van der Waals surface area contributed by atoms with Crippen LogP contribution in [0.15, 0.2) is 79.4 Å². The Hall–Kier alpha value is -5.93. The predicted molar refractivity (Wildman–Crippen MR) is 213 cm³/mol. The van der Waals surface area contributed by atoms with Crippen LogP contribution in [0.5, 0.6) is 0 Å². The van der Waals surface area contributed by atoms with Crippen LogP contribution in [0.4, 0.5) is 0 Å². The van der Waals surface area contributed by atoms with Crippen molar-refractivity contribution in [2.75, 3.05) is 7.11 Å². The zero-order valence-electron chi connectivity index (χ0n) is 33.5. The molecular weight excluding hydrogens is 671 g/mol. The normalized spacial score (nSPS) is 9.43. The van der Waals surface area contributed by atoms with E-state index in [1.165, 1.54) is 37.6 Å². The van der Waals surface area contributed by atoms with Crippen LogP contribution >= 0.6 is 0 Å². The second-order valence-electron chi connectivity index (χ2n) is 11.2. The molecule has 16 nitrogen and oxygen atoms in total. The maximum Gasteiger partial charge on any atom is 0.219 e. The molecule has 8 rings (SSSR count). The van der Waals surface area contributed by atoms with Crippen LogP contribution in [0.2, 0.25) is 0 Å². The summed E-state index contributed by atoms with van der Waals surface area (Å²) in [5, 5.41) is 30.6. The molecule has 0 bridgehead atoms. The molecule has 0 aliphatic rings. The number of benzene rings is 1. The van der Waals surface area contributed by atoms with E-state index in [1.54, 1.807) is 44.9 Å². The molecule has 0 saturated heterocycles. The van der Waals surface area contributed by atoms with Crippen molar-refractivity contribution in [3.8, 4) is 0 Å². The van der Waals surface area contributed by atoms with Gasteiger partial charge in [0, 0.05) is 39.7 Å². The monoisotopic (exact) mass is 727 g/mol. The molecule has 0 amide bonds. The average molecular weight is 728 g/mol. The van der Waals surface area contributed by atoms with Crippen LogP contribution < -0.4 is 4.84 Å². The summed E-state index contributed by atoms with van der Waals surface area (Å²) in [7, 11) is 7.09. The molecule has 7 aromatic heterocycles. The van der Waals surface area contributed by atoms with E-state index >= 15 is 0 Å². The van der Waals surface area contributed by atoms with Crippen molar-refractivity contribution in [1.82, 2.24) is 75.1 Å². The Balaban J connectivity index is 0.000000321. The third-order valence-corrected chi connectivity index (χ3v) is 5.67. The van der Waals surface area contributed by atoms with E-state index in [9.17, 15) is 0 Å². The molecule has 0 saturated carbocycles. The van der Waals surface area contributed by atoms with Gasteiger partial charge in [-0.3, -0.25) is 4.98 Å². The van der Waals surface area contributed by atoms with Crippen molar-refractivity contribution in [3.05, 3.63) is 79.4 Å². The van der Waals surface area contributed by atoms with E-state index in [2.05, 4.69) is 112 Å². The molecule has 7 heterocycles. The minimum absolute atomic E-state index is 0.634. The topological polar surface area (TPSA) is 171 Å². The van der Waals surface area contributed by atoms with Crippen LogP contribution in [0, 0.1) is 0 Å². The molecule has 0 aliphatic carbocycles. The average Bonchev–Trinajstić information content (AvgIpc) is 3.97. The smallest absolute Gasteiger partial charge is 0.219 e. The lowest BCUT2D eigenvalue weighted by Gasteiger charge is -1.94. The van der Waals surface area contributed by atoms with E-state index in [4.69, 9.17) is 4.84 Å². The minimum Gasteiger partial charge on any atom is -0.397 e. The molecular formula is C37H57N15O. The van der Waals surface area contributed by atoms with Crippen LogP contribution in [0.1, 0.15) is 81.1 Å². The summed E-state index contributed by atoms with van der Waals surface area (Å²) in [6, 6.07) is 17.1. The summed E-state index contributed by atoms with van der Waals surface area (Å²) in [5.41, 5.74) is 6.89. The summed E-state index contributed by atoms with van der Waals surface area (Å²) in [6.07, 6.45) is 11.8. The van der Waals surface area contributed by atoms with Crippen LogP contribution in [-0.4, -0.2) is 82.2 Å². The fourth-order valence-electron chi connectivity index (χ4n) is 3.61. The molecule has 0 radical (unpaired) electrons. The maximum absolute atomic E-state index is 4.85. The van der Waals surface area contributed by atoms with Gasteiger partial charge in [0.05, 0.1) is 11.7 Å². The molecule has 286 valence electrons. The van der Waals surface area contributed by atoms with Crippen molar-refractivity contribution in [3.63, 3.8) is 0 Å². The molecule has 0 fully saturated rings. The molecule has 0 N–H and O–H groups in total. The highest BCUT2D eigenvalue weighted by Gasteiger charge is 2.02. The SMILES string of the molecule is CCC.CCC.CCC.CCC.COn1nnc2cccnc21.Cn1nnc2ccccc21.Cn1nnc2ccncc21.Cn1nnc2ncccc21. The highest BCUT2D eigenvalue weighted by molar-refractivity contribution is 5.74. The lowest BCUT2D eigenvalue weighted by molar-refractivity contribution is 0.138. The Kier molecular flexibility index (Phi) is 22.8. The Morgan fingerprint density at radius 1 is 0.491 bits per heavy atom. The van der Waals surface area contributed by atoms with Gasteiger partial charge < -0.3 is 4.84 Å². The van der Waals surface area contributed by atoms with Gasteiger partial charge in [0.25, 0.3) is 0 Å². The second-order valence-corrected chi connectivity index (χ2v) is 11.2. The molecule has 0 unspecified atom stereocenters. The van der Waals surface area contributed by atoms with Gasteiger partial charge in [-0.1, -0.05) is 114 Å². The summed E-state index contributed by atoms with van der Waals surface area (Å²) < 4.78 is 5.15. The minimum atomic E-state index is 0.634. The number of hydrogen-bond acceptors (Lipinski definition) is 12. The van der Waals surface area contributed by atoms with E-state index in [1.807, 2.05) is 69.7 Å². The zero-order chi connectivity index (χ0) is 39.4. The third-order valence-electron chi connectivity index (χ3n) is 5.67. The summed E-state index contributed by atoms with van der Waals surface area (Å²) in [6.45, 7) is 17.0. The molecule has 0 spiro atoms. The number of para-hydroxylation sites is 1. The number of aromatic nitrogens is 15. The van der Waals surface area contributed by atoms with Gasteiger partial charge in [-0.25, -0.2) is 24.0 Å². The zero-order valence-corrected chi connectivity index (χ0v) is 33.5. The van der Waals surface area contributed by atoms with Crippen molar-refractivity contribution in [2.24, 2.45) is 21.1 Å². The molecule has 0 atom stereocenters. The first-order valence-electron chi connectivity index (χ1n) is 17.9. The second kappa shape index (κ2) is 26.8. The summed E-state index contributed by atoms with van der Waals surface area (Å²) >= 11 is 0. The Morgan fingerprint density at radius 3 is 1.55 bits per heavy atom. The van der Waals surface area contributed by atoms with E-state index < -0.39 is 0 Å². The van der Waals surface area contributed by atoms with E-state index in [0.717, 1.165) is 33.1 Å². The lowest BCUT2D eigenvalue weighted by Crippen LogP contribution is -2.07. The van der Waals surface area contributed by atoms with Crippen molar-refractivity contribution in [1.29, 1.82) is 0 Å². The van der Waals surface area contributed by atoms with Gasteiger partial charge >= 0.3 is 0 Å². The van der Waals surface area contributed by atoms with Crippen molar-refractivity contribution < 1.29 is 4.84 Å². The molecule has 1 aromatic carbocycles. The van der Waals surface area contributed by atoms with Crippen molar-refractivity contribution >= 4 is 44.4 Å². The standard InChI is InChI=1S/C7H7N3.C6H6N4O.2C6H6N4.4C3H8/c1-10-7-5-3-2-4-6(7)8-9-10;1-11-10-6-5(8-9-10)3-2-4-7-6;1-10-6-4-7-3-2-5(6)8-9-10;1-10-5-3-2-4-7-6(5)8-9-10;4*1-3-2/h2-5H,1H3;2-4H,1H3;2*2-4H,1H3;4*3H2,1-2H3. The van der Waals surface area contributed by atoms with Gasteiger partial charge in [-0.2, -0.15) is 0 Å². The Morgan fingerprint density at radius 2 is 0.962 bits per heavy atom. The molecule has 0 aliphatic heterocycles. The number of pyridine rings is 3. The highest BCUT2D eigenvalue weighted by Crippen LogP contribution is 2.07. The summed E-state index contributed by atoms with van der Waals surface area (Å²) in [4.78, 5) is 18.1. The number of aryl methyl sites for hydroxylation is 3. The first kappa shape index (κ1) is 45.1. The maximum atomic E-state index is 4.85. The molecule has 16 heteroatoms. The Labute approximate surface area is 312 Å². The number of hydrogen-bond donors (Lipinski definition) is 0. The van der Waals surface area contributed by atoms with Gasteiger partial charge in [-0.15, -0.1) is 20.4 Å². The van der Waals surface area contributed by atoms with Crippen LogP contribution in [-0.2, 0) is 21.1 Å². The van der Waals surface area contributed by atoms with Gasteiger partial charge in [-0.05, 0) is 47.7 Å². The summed E-state index contributed by atoms with van der Waals surface area (Å²) in [5.74, 6) is 0. The Bertz CT molecular complexity index is 1900. The highest BCUT2D eigenvalue weighted by atomic mass is 16.7. The molecule has 53 heavy (non-hydrogen) atoms. The number of fused-ring (bicyclic) bond motifs is 4. The molecule has 8 aromatic rings. The largest absolute Gasteiger partial charge is 0.397 e. The number of rotatable bonds is 1. The number of nitrogens with zero attached hydrogens (tertiary/aromatic N) is 15. The van der Waals surface area contributed by atoms with Crippen LogP contribution in [0.25, 0.3) is 44.4 Å². The predicted octanol–water partition coefficient (Wildman–Crippen LogP) is 7.24. The van der Waals surface area contributed by atoms with Gasteiger partial charge in [0.1, 0.15) is 34.7 Å².